The predicted octanol–water partition coefficient (Wildman–Crippen LogP) is 3.01. The molecular formula is C11H11F3N4. The summed E-state index contributed by atoms with van der Waals surface area (Å²) in [6.07, 6.45) is -3.60. The Morgan fingerprint density at radius 3 is 2.39 bits per heavy atom. The highest BCUT2D eigenvalue weighted by Gasteiger charge is 2.30. The smallest absolute Gasteiger partial charge is 0.262 e. The van der Waals surface area contributed by atoms with Crippen molar-refractivity contribution in [3.63, 3.8) is 0 Å². The number of hydrogen-bond acceptors (Lipinski definition) is 3. The molecule has 7 heteroatoms. The average Bonchev–Trinajstić information content (AvgIpc) is 2.77. The van der Waals surface area contributed by atoms with E-state index in [1.807, 2.05) is 13.8 Å². The molecule has 96 valence electrons. The van der Waals surface area contributed by atoms with Gasteiger partial charge in [-0.1, -0.05) is 13.8 Å². The van der Waals surface area contributed by atoms with Crippen LogP contribution in [0.2, 0.25) is 0 Å². The molecule has 2 aromatic rings. The Morgan fingerprint density at radius 2 is 1.94 bits per heavy atom. The molecule has 0 unspecified atom stereocenters. The largest absolute Gasteiger partial charge is 0.417 e. The van der Waals surface area contributed by atoms with Crippen LogP contribution in [0.1, 0.15) is 31.2 Å². The van der Waals surface area contributed by atoms with Gasteiger partial charge in [-0.2, -0.15) is 18.3 Å². The number of nitrogens with zero attached hydrogens (tertiary/aromatic N) is 3. The third-order valence-corrected chi connectivity index (χ3v) is 2.37. The second kappa shape index (κ2) is 4.40. The summed E-state index contributed by atoms with van der Waals surface area (Å²) < 4.78 is 37.1. The first-order valence-electron chi connectivity index (χ1n) is 5.34. The van der Waals surface area contributed by atoms with E-state index in [0.717, 1.165) is 12.3 Å². The molecule has 4 nitrogen and oxygen atoms in total. The Bertz CT molecular complexity index is 528. The van der Waals surface area contributed by atoms with Crippen LogP contribution in [-0.2, 0) is 6.18 Å². The van der Waals surface area contributed by atoms with Gasteiger partial charge in [-0.05, 0) is 12.1 Å². The van der Waals surface area contributed by atoms with Crippen molar-refractivity contribution >= 4 is 0 Å². The van der Waals surface area contributed by atoms with Crippen molar-refractivity contribution in [2.24, 2.45) is 0 Å². The molecule has 18 heavy (non-hydrogen) atoms. The number of alkyl halides is 3. The zero-order valence-corrected chi connectivity index (χ0v) is 9.78. The number of hydrogen-bond donors (Lipinski definition) is 1. The molecule has 0 aliphatic rings. The number of nitrogens with one attached hydrogen (secondary N) is 1. The lowest BCUT2D eigenvalue weighted by atomic mass is 10.2. The zero-order valence-electron chi connectivity index (χ0n) is 9.78. The number of halogens is 3. The van der Waals surface area contributed by atoms with E-state index < -0.39 is 11.7 Å². The Morgan fingerprint density at radius 1 is 1.22 bits per heavy atom. The highest BCUT2D eigenvalue weighted by molar-refractivity contribution is 5.48. The monoisotopic (exact) mass is 256 g/mol. The molecule has 0 aliphatic carbocycles. The van der Waals surface area contributed by atoms with Gasteiger partial charge in [0.1, 0.15) is 11.5 Å². The molecule has 0 bridgehead atoms. The van der Waals surface area contributed by atoms with Crippen LogP contribution in [0, 0.1) is 0 Å². The Balaban J connectivity index is 2.29. The molecule has 2 aromatic heterocycles. The van der Waals surface area contributed by atoms with Gasteiger partial charge in [0.25, 0.3) is 0 Å². The maximum absolute atomic E-state index is 12.4. The maximum Gasteiger partial charge on any atom is 0.417 e. The summed E-state index contributed by atoms with van der Waals surface area (Å²) in [5, 5.41) is 6.64. The van der Waals surface area contributed by atoms with Crippen molar-refractivity contribution < 1.29 is 13.2 Å². The molecule has 2 heterocycles. The van der Waals surface area contributed by atoms with Crippen LogP contribution in [-0.4, -0.2) is 20.2 Å². The summed E-state index contributed by atoms with van der Waals surface area (Å²) in [5.74, 6) is 1.14. The molecule has 1 N–H and O–H groups in total. The summed E-state index contributed by atoms with van der Waals surface area (Å²) in [6, 6.07) is 2.23. The third kappa shape index (κ3) is 2.49. The van der Waals surface area contributed by atoms with Gasteiger partial charge >= 0.3 is 6.18 Å². The van der Waals surface area contributed by atoms with E-state index >= 15 is 0 Å². The molecule has 0 fully saturated rings. The van der Waals surface area contributed by atoms with Crippen molar-refractivity contribution in [2.45, 2.75) is 25.9 Å². The normalized spacial score (nSPS) is 12.1. The Kier molecular flexibility index (Phi) is 3.06. The van der Waals surface area contributed by atoms with Crippen molar-refractivity contribution in [3.8, 4) is 11.5 Å². The van der Waals surface area contributed by atoms with Crippen molar-refractivity contribution in [2.75, 3.05) is 0 Å². The third-order valence-electron chi connectivity index (χ3n) is 2.37. The standard InChI is InChI=1S/C11H11F3N4/c1-6(2)9-16-10(18-17-9)8-4-3-7(5-15-8)11(12,13)14/h3-6H,1-2H3,(H,16,17,18). The van der Waals surface area contributed by atoms with Crippen molar-refractivity contribution in [3.05, 3.63) is 29.7 Å². The van der Waals surface area contributed by atoms with Gasteiger partial charge in [-0.25, -0.2) is 4.98 Å². The van der Waals surface area contributed by atoms with Gasteiger partial charge < -0.3 is 0 Å². The van der Waals surface area contributed by atoms with E-state index in [9.17, 15) is 13.2 Å². The minimum atomic E-state index is -4.38. The van der Waals surface area contributed by atoms with E-state index in [-0.39, 0.29) is 5.92 Å². The van der Waals surface area contributed by atoms with Crippen LogP contribution in [0.15, 0.2) is 18.3 Å². The van der Waals surface area contributed by atoms with E-state index in [1.165, 1.54) is 6.07 Å². The number of rotatable bonds is 2. The predicted molar refractivity (Wildman–Crippen MR) is 58.7 cm³/mol. The summed E-state index contributed by atoms with van der Waals surface area (Å²) >= 11 is 0. The molecular weight excluding hydrogens is 245 g/mol. The van der Waals surface area contributed by atoms with Crippen molar-refractivity contribution in [1.82, 2.24) is 20.2 Å². The quantitative estimate of drug-likeness (QED) is 0.898. The highest BCUT2D eigenvalue weighted by Crippen LogP contribution is 2.29. The number of aromatic amines is 1. The van der Waals surface area contributed by atoms with Gasteiger partial charge in [0, 0.05) is 12.1 Å². The van der Waals surface area contributed by atoms with Gasteiger partial charge in [-0.15, -0.1) is 0 Å². The summed E-state index contributed by atoms with van der Waals surface area (Å²) in [4.78, 5) is 7.88. The van der Waals surface area contributed by atoms with Crippen molar-refractivity contribution in [1.29, 1.82) is 0 Å². The van der Waals surface area contributed by atoms with Crippen LogP contribution < -0.4 is 0 Å². The fraction of sp³-hybridized carbons (Fsp3) is 0.364. The minimum absolute atomic E-state index is 0.167. The summed E-state index contributed by atoms with van der Waals surface area (Å²) in [6.45, 7) is 3.87. The topological polar surface area (TPSA) is 54.5 Å². The molecule has 0 saturated carbocycles. The van der Waals surface area contributed by atoms with Gasteiger partial charge in [-0.3, -0.25) is 10.1 Å². The van der Waals surface area contributed by atoms with E-state index in [1.54, 1.807) is 0 Å². The molecule has 0 aliphatic heterocycles. The molecule has 0 atom stereocenters. The summed E-state index contributed by atoms with van der Waals surface area (Å²) in [5.41, 5.74) is -0.475. The Labute approximate surface area is 101 Å². The zero-order chi connectivity index (χ0) is 13.3. The number of pyridine rings is 1. The highest BCUT2D eigenvalue weighted by atomic mass is 19.4. The van der Waals surface area contributed by atoms with Gasteiger partial charge in [0.05, 0.1) is 5.56 Å². The van der Waals surface area contributed by atoms with Gasteiger partial charge in [0.2, 0.25) is 0 Å². The minimum Gasteiger partial charge on any atom is -0.262 e. The lowest BCUT2D eigenvalue weighted by Gasteiger charge is -2.05. The van der Waals surface area contributed by atoms with Gasteiger partial charge in [0.15, 0.2) is 5.82 Å². The van der Waals surface area contributed by atoms with Crippen LogP contribution >= 0.6 is 0 Å². The van der Waals surface area contributed by atoms with E-state index in [2.05, 4.69) is 20.2 Å². The fourth-order valence-corrected chi connectivity index (χ4v) is 1.34. The maximum atomic E-state index is 12.4. The molecule has 0 saturated heterocycles. The van der Waals surface area contributed by atoms with Crippen LogP contribution in [0.5, 0.6) is 0 Å². The number of aromatic nitrogens is 4. The summed E-state index contributed by atoms with van der Waals surface area (Å²) in [7, 11) is 0. The lowest BCUT2D eigenvalue weighted by Crippen LogP contribution is -2.05. The second-order valence-electron chi connectivity index (χ2n) is 4.13. The SMILES string of the molecule is CC(C)c1nc(-c2ccc(C(F)(F)F)cn2)n[nH]1. The molecule has 0 aromatic carbocycles. The van der Waals surface area contributed by atoms with Crippen LogP contribution in [0.4, 0.5) is 13.2 Å². The second-order valence-corrected chi connectivity index (χ2v) is 4.13. The number of H-pyrrole nitrogens is 1. The van der Waals surface area contributed by atoms with E-state index in [0.29, 0.717) is 17.3 Å². The first-order valence-corrected chi connectivity index (χ1v) is 5.34. The lowest BCUT2D eigenvalue weighted by molar-refractivity contribution is -0.137. The first kappa shape index (κ1) is 12.5. The molecule has 2 rings (SSSR count). The molecule has 0 spiro atoms. The fourth-order valence-electron chi connectivity index (χ4n) is 1.34. The first-order chi connectivity index (χ1) is 8.38. The van der Waals surface area contributed by atoms with E-state index in [4.69, 9.17) is 0 Å². The Hall–Kier alpha value is -1.92. The molecule has 0 radical (unpaired) electrons. The van der Waals surface area contributed by atoms with Crippen LogP contribution in [0.25, 0.3) is 11.5 Å². The van der Waals surface area contributed by atoms with Crippen LogP contribution in [0.3, 0.4) is 0 Å². The average molecular weight is 256 g/mol. The molecule has 0 amide bonds.